The van der Waals surface area contributed by atoms with Crippen LogP contribution in [0.1, 0.15) is 34.8 Å². The number of carbonyl (C=O) groups is 1. The number of carboxylic acid groups (broad SMARTS) is 1. The summed E-state index contributed by atoms with van der Waals surface area (Å²) >= 11 is 0. The number of aryl methyl sites for hydroxylation is 1. The number of hydrogen-bond donors (Lipinski definition) is 1. The van der Waals surface area contributed by atoms with E-state index in [-0.39, 0.29) is 11.6 Å². The molecular weight excluding hydrogens is 258 g/mol. The second-order valence-electron chi connectivity index (χ2n) is 4.64. The SMILES string of the molecule is Cc1ccc(C(C)n2nnc3cccc(C(=O)O)c32)o1. The second kappa shape index (κ2) is 4.48. The van der Waals surface area contributed by atoms with Crippen molar-refractivity contribution in [2.75, 3.05) is 0 Å². The molecule has 0 saturated heterocycles. The van der Waals surface area contributed by atoms with Crippen LogP contribution in [0, 0.1) is 6.92 Å². The van der Waals surface area contributed by atoms with E-state index >= 15 is 0 Å². The number of para-hydroxylation sites is 1. The van der Waals surface area contributed by atoms with Crippen LogP contribution in [0.4, 0.5) is 0 Å². The molecule has 3 rings (SSSR count). The maximum Gasteiger partial charge on any atom is 0.337 e. The van der Waals surface area contributed by atoms with Gasteiger partial charge in [0, 0.05) is 0 Å². The summed E-state index contributed by atoms with van der Waals surface area (Å²) in [6, 6.07) is 8.44. The smallest absolute Gasteiger partial charge is 0.337 e. The van der Waals surface area contributed by atoms with Crippen molar-refractivity contribution in [3.63, 3.8) is 0 Å². The normalized spacial score (nSPS) is 12.7. The lowest BCUT2D eigenvalue weighted by Crippen LogP contribution is -2.10. The molecule has 0 amide bonds. The fraction of sp³-hybridized carbons (Fsp3) is 0.214. The molecule has 6 nitrogen and oxygen atoms in total. The van der Waals surface area contributed by atoms with Gasteiger partial charge in [-0.2, -0.15) is 0 Å². The summed E-state index contributed by atoms with van der Waals surface area (Å²) in [7, 11) is 0. The Hall–Kier alpha value is -2.63. The van der Waals surface area contributed by atoms with E-state index in [0.29, 0.717) is 11.0 Å². The third-order valence-corrected chi connectivity index (χ3v) is 3.26. The molecule has 3 aromatic rings. The number of furan rings is 1. The van der Waals surface area contributed by atoms with Crippen molar-refractivity contribution in [3.05, 3.63) is 47.4 Å². The quantitative estimate of drug-likeness (QED) is 0.792. The van der Waals surface area contributed by atoms with Gasteiger partial charge in [-0.15, -0.1) is 5.10 Å². The highest BCUT2D eigenvalue weighted by Crippen LogP contribution is 2.25. The lowest BCUT2D eigenvalue weighted by molar-refractivity contribution is 0.0698. The average molecular weight is 271 g/mol. The number of rotatable bonds is 3. The molecule has 2 aromatic heterocycles. The summed E-state index contributed by atoms with van der Waals surface area (Å²) in [6.45, 7) is 3.75. The zero-order valence-electron chi connectivity index (χ0n) is 11.1. The van der Waals surface area contributed by atoms with Crippen molar-refractivity contribution in [1.29, 1.82) is 0 Å². The Morgan fingerprint density at radius 1 is 1.35 bits per heavy atom. The topological polar surface area (TPSA) is 81.2 Å². The van der Waals surface area contributed by atoms with Crippen LogP contribution in [0.15, 0.2) is 34.7 Å². The Bertz CT molecular complexity index is 788. The zero-order chi connectivity index (χ0) is 14.3. The molecule has 0 fully saturated rings. The number of benzene rings is 1. The highest BCUT2D eigenvalue weighted by atomic mass is 16.4. The van der Waals surface area contributed by atoms with Gasteiger partial charge in [-0.25, -0.2) is 9.48 Å². The largest absolute Gasteiger partial charge is 0.478 e. The van der Waals surface area contributed by atoms with Gasteiger partial charge in [-0.1, -0.05) is 11.3 Å². The first-order chi connectivity index (χ1) is 9.58. The predicted octanol–water partition coefficient (Wildman–Crippen LogP) is 2.64. The molecule has 0 bridgehead atoms. The second-order valence-corrected chi connectivity index (χ2v) is 4.64. The summed E-state index contributed by atoms with van der Waals surface area (Å²) in [5.74, 6) is 0.520. The Kier molecular flexibility index (Phi) is 2.78. The minimum atomic E-state index is -0.998. The Morgan fingerprint density at radius 2 is 2.15 bits per heavy atom. The summed E-state index contributed by atoms with van der Waals surface area (Å²) < 4.78 is 7.16. The summed E-state index contributed by atoms with van der Waals surface area (Å²) in [5.41, 5.74) is 1.24. The Labute approximate surface area is 114 Å². The zero-order valence-corrected chi connectivity index (χ0v) is 11.1. The van der Waals surface area contributed by atoms with E-state index in [0.717, 1.165) is 11.5 Å². The molecule has 1 aromatic carbocycles. The van der Waals surface area contributed by atoms with Gasteiger partial charge in [0.1, 0.15) is 28.6 Å². The lowest BCUT2D eigenvalue weighted by Gasteiger charge is -2.10. The van der Waals surface area contributed by atoms with Crippen molar-refractivity contribution in [2.45, 2.75) is 19.9 Å². The fourth-order valence-electron chi connectivity index (χ4n) is 2.24. The van der Waals surface area contributed by atoms with Gasteiger partial charge in [0.15, 0.2) is 0 Å². The highest BCUT2D eigenvalue weighted by molar-refractivity contribution is 6.00. The maximum atomic E-state index is 11.3. The number of aromatic carboxylic acids is 1. The van der Waals surface area contributed by atoms with Crippen molar-refractivity contribution >= 4 is 17.0 Å². The van der Waals surface area contributed by atoms with Crippen molar-refractivity contribution in [3.8, 4) is 0 Å². The van der Waals surface area contributed by atoms with Gasteiger partial charge in [-0.3, -0.25) is 0 Å². The van der Waals surface area contributed by atoms with Crippen LogP contribution in [0.3, 0.4) is 0 Å². The van der Waals surface area contributed by atoms with E-state index in [1.165, 1.54) is 0 Å². The third-order valence-electron chi connectivity index (χ3n) is 3.26. The number of carboxylic acids is 1. The van der Waals surface area contributed by atoms with E-state index in [1.54, 1.807) is 22.9 Å². The minimum Gasteiger partial charge on any atom is -0.478 e. The van der Waals surface area contributed by atoms with Crippen LogP contribution in [0.5, 0.6) is 0 Å². The van der Waals surface area contributed by atoms with Gasteiger partial charge in [-0.05, 0) is 38.1 Å². The van der Waals surface area contributed by atoms with Gasteiger partial charge in [0.05, 0.1) is 5.56 Å². The maximum absolute atomic E-state index is 11.3. The monoisotopic (exact) mass is 271 g/mol. The van der Waals surface area contributed by atoms with Crippen molar-refractivity contribution < 1.29 is 14.3 Å². The molecule has 0 radical (unpaired) electrons. The van der Waals surface area contributed by atoms with Crippen LogP contribution in [0.2, 0.25) is 0 Å². The van der Waals surface area contributed by atoms with Gasteiger partial charge < -0.3 is 9.52 Å². The molecule has 20 heavy (non-hydrogen) atoms. The number of aromatic nitrogens is 3. The summed E-state index contributed by atoms with van der Waals surface area (Å²) in [6.07, 6.45) is 0. The molecular formula is C14H13N3O3. The van der Waals surface area contributed by atoms with Crippen LogP contribution < -0.4 is 0 Å². The summed E-state index contributed by atoms with van der Waals surface area (Å²) in [5, 5.41) is 17.4. The minimum absolute atomic E-state index is 0.183. The van der Waals surface area contributed by atoms with Crippen LogP contribution in [-0.2, 0) is 0 Å². The first-order valence-corrected chi connectivity index (χ1v) is 6.21. The van der Waals surface area contributed by atoms with Crippen LogP contribution in [0.25, 0.3) is 11.0 Å². The number of fused-ring (bicyclic) bond motifs is 1. The van der Waals surface area contributed by atoms with E-state index in [9.17, 15) is 9.90 Å². The van der Waals surface area contributed by atoms with E-state index in [4.69, 9.17) is 4.42 Å². The molecule has 0 aliphatic carbocycles. The predicted molar refractivity (Wildman–Crippen MR) is 71.7 cm³/mol. The molecule has 1 unspecified atom stereocenters. The van der Waals surface area contributed by atoms with Gasteiger partial charge >= 0.3 is 5.97 Å². The van der Waals surface area contributed by atoms with Crippen molar-refractivity contribution in [2.24, 2.45) is 0 Å². The number of nitrogens with zero attached hydrogens (tertiary/aromatic N) is 3. The molecule has 0 aliphatic rings. The Morgan fingerprint density at radius 3 is 2.80 bits per heavy atom. The molecule has 1 N–H and O–H groups in total. The molecule has 0 spiro atoms. The van der Waals surface area contributed by atoms with Gasteiger partial charge in [0.2, 0.25) is 0 Å². The Balaban J connectivity index is 2.19. The molecule has 6 heteroatoms. The van der Waals surface area contributed by atoms with Gasteiger partial charge in [0.25, 0.3) is 0 Å². The third kappa shape index (κ3) is 1.85. The molecule has 102 valence electrons. The molecule has 0 aliphatic heterocycles. The first kappa shape index (κ1) is 12.4. The highest BCUT2D eigenvalue weighted by Gasteiger charge is 2.20. The van der Waals surface area contributed by atoms with Crippen LogP contribution >= 0.6 is 0 Å². The lowest BCUT2D eigenvalue weighted by atomic mass is 10.1. The summed E-state index contributed by atoms with van der Waals surface area (Å²) in [4.78, 5) is 11.3. The van der Waals surface area contributed by atoms with Crippen molar-refractivity contribution in [1.82, 2.24) is 15.0 Å². The molecule has 0 saturated carbocycles. The van der Waals surface area contributed by atoms with E-state index < -0.39 is 5.97 Å². The first-order valence-electron chi connectivity index (χ1n) is 6.21. The van der Waals surface area contributed by atoms with E-state index in [2.05, 4.69) is 10.3 Å². The molecule has 2 heterocycles. The van der Waals surface area contributed by atoms with E-state index in [1.807, 2.05) is 26.0 Å². The average Bonchev–Trinajstić information content (AvgIpc) is 3.03. The number of hydrogen-bond acceptors (Lipinski definition) is 4. The van der Waals surface area contributed by atoms with Crippen LogP contribution in [-0.4, -0.2) is 26.1 Å². The standard InChI is InChI=1S/C14H13N3O3/c1-8-6-7-12(20-8)9(2)17-13-10(14(18)19)4-3-5-11(13)15-16-17/h3-7,9H,1-2H3,(H,18,19). The molecule has 1 atom stereocenters. The fourth-order valence-corrected chi connectivity index (χ4v) is 2.24.